The Bertz CT molecular complexity index is 569. The SMILES string of the molecule is O=C(O[Se](=O)OC(=O)c1ccccc1)c1ccccc1. The number of carbonyl (C=O) groups excluding carboxylic acids is 2. The minimum atomic E-state index is -3.47. The van der Waals surface area contributed by atoms with Gasteiger partial charge in [-0.15, -0.1) is 0 Å². The Morgan fingerprint density at radius 2 is 1.05 bits per heavy atom. The second kappa shape index (κ2) is 6.75. The Kier molecular flexibility index (Phi) is 4.76. The van der Waals surface area contributed by atoms with E-state index in [9.17, 15) is 13.4 Å². The Balaban J connectivity index is 1.93. The van der Waals surface area contributed by atoms with Gasteiger partial charge in [0, 0.05) is 0 Å². The summed E-state index contributed by atoms with van der Waals surface area (Å²) in [4.78, 5) is 23.2. The fourth-order valence-electron chi connectivity index (χ4n) is 1.39. The summed E-state index contributed by atoms with van der Waals surface area (Å²) in [6.45, 7) is 0. The molecule has 0 aromatic heterocycles. The van der Waals surface area contributed by atoms with Gasteiger partial charge in [0.05, 0.1) is 0 Å². The number of hydrogen-bond acceptors (Lipinski definition) is 5. The molecular weight excluding hydrogens is 327 g/mol. The van der Waals surface area contributed by atoms with Gasteiger partial charge in [-0.3, -0.25) is 0 Å². The van der Waals surface area contributed by atoms with Crippen LogP contribution >= 0.6 is 0 Å². The summed E-state index contributed by atoms with van der Waals surface area (Å²) in [5.74, 6) is -1.57. The summed E-state index contributed by atoms with van der Waals surface area (Å²) in [6.07, 6.45) is 0. The molecule has 2 aromatic rings. The molecule has 0 fully saturated rings. The van der Waals surface area contributed by atoms with Crippen LogP contribution in [0.15, 0.2) is 60.7 Å². The number of rotatable bonds is 4. The van der Waals surface area contributed by atoms with Crippen LogP contribution in [0.1, 0.15) is 20.7 Å². The van der Waals surface area contributed by atoms with Gasteiger partial charge in [-0.1, -0.05) is 0 Å². The van der Waals surface area contributed by atoms with Crippen LogP contribution in [0.2, 0.25) is 0 Å². The maximum absolute atomic E-state index is 11.6. The molecule has 0 bridgehead atoms. The van der Waals surface area contributed by atoms with E-state index in [1.165, 1.54) is 24.3 Å². The van der Waals surface area contributed by atoms with Gasteiger partial charge in [-0.05, 0) is 0 Å². The number of carbonyl (C=O) groups is 2. The molecule has 0 saturated heterocycles. The van der Waals surface area contributed by atoms with Crippen LogP contribution in [0, 0.1) is 0 Å². The van der Waals surface area contributed by atoms with Gasteiger partial charge in [0.15, 0.2) is 0 Å². The average molecular weight is 337 g/mol. The van der Waals surface area contributed by atoms with Crippen LogP contribution in [0.3, 0.4) is 0 Å². The number of benzene rings is 2. The minimum absolute atomic E-state index is 0.243. The first-order chi connectivity index (χ1) is 9.66. The second-order valence-corrected chi connectivity index (χ2v) is 5.23. The standard InChI is InChI=1S/C14H10O5Se/c15-13(11-7-3-1-4-8-11)18-20(17)19-14(16)12-9-5-2-6-10-12/h1-10H. The van der Waals surface area contributed by atoms with E-state index in [1.54, 1.807) is 36.4 Å². The monoisotopic (exact) mass is 338 g/mol. The third kappa shape index (κ3) is 3.85. The Hall–Kier alpha value is -2.30. The van der Waals surface area contributed by atoms with Crippen LogP contribution < -0.4 is 0 Å². The van der Waals surface area contributed by atoms with Crippen molar-refractivity contribution in [2.45, 2.75) is 0 Å². The molecule has 0 spiro atoms. The van der Waals surface area contributed by atoms with Crippen LogP contribution in [0.4, 0.5) is 0 Å². The van der Waals surface area contributed by atoms with Crippen molar-refractivity contribution >= 4 is 26.4 Å². The summed E-state index contributed by atoms with van der Waals surface area (Å²) >= 11 is -3.47. The van der Waals surface area contributed by atoms with Gasteiger partial charge in [0.1, 0.15) is 0 Å². The molecule has 2 rings (SSSR count). The third-order valence-electron chi connectivity index (χ3n) is 2.31. The van der Waals surface area contributed by atoms with E-state index in [0.717, 1.165) is 0 Å². The Morgan fingerprint density at radius 3 is 1.40 bits per heavy atom. The van der Waals surface area contributed by atoms with Crippen molar-refractivity contribution in [1.82, 2.24) is 0 Å². The van der Waals surface area contributed by atoms with E-state index in [-0.39, 0.29) is 11.1 Å². The van der Waals surface area contributed by atoms with Gasteiger partial charge in [-0.25, -0.2) is 0 Å². The quantitative estimate of drug-likeness (QED) is 0.800. The van der Waals surface area contributed by atoms with E-state index in [4.69, 9.17) is 0 Å². The van der Waals surface area contributed by atoms with Crippen molar-refractivity contribution in [3.8, 4) is 0 Å². The molecule has 6 heteroatoms. The summed E-state index contributed by atoms with van der Waals surface area (Å²) in [5.41, 5.74) is 0.487. The zero-order valence-electron chi connectivity index (χ0n) is 10.2. The Morgan fingerprint density at radius 1 is 0.700 bits per heavy atom. The van der Waals surface area contributed by atoms with Gasteiger partial charge in [0.25, 0.3) is 0 Å². The molecule has 0 aliphatic rings. The van der Waals surface area contributed by atoms with Crippen LogP contribution in [-0.4, -0.2) is 26.4 Å². The normalized spacial score (nSPS) is 10.1. The van der Waals surface area contributed by atoms with Gasteiger partial charge in [-0.2, -0.15) is 0 Å². The molecule has 2 aromatic carbocycles. The predicted octanol–water partition coefficient (Wildman–Crippen LogP) is 2.12. The topological polar surface area (TPSA) is 69.7 Å². The van der Waals surface area contributed by atoms with E-state index in [2.05, 4.69) is 7.64 Å². The van der Waals surface area contributed by atoms with E-state index < -0.39 is 26.4 Å². The first kappa shape index (κ1) is 14.1. The molecule has 5 nitrogen and oxygen atoms in total. The summed E-state index contributed by atoms with van der Waals surface area (Å²) in [6, 6.07) is 16.1. The molecule has 20 heavy (non-hydrogen) atoms. The molecule has 102 valence electrons. The molecule has 0 aliphatic carbocycles. The summed E-state index contributed by atoms with van der Waals surface area (Å²) < 4.78 is 20.8. The van der Waals surface area contributed by atoms with E-state index >= 15 is 0 Å². The zero-order valence-corrected chi connectivity index (χ0v) is 11.9. The average Bonchev–Trinajstić information content (AvgIpc) is 2.49. The first-order valence-corrected chi connectivity index (χ1v) is 7.74. The fraction of sp³-hybridized carbons (Fsp3) is 0. The molecule has 0 saturated carbocycles. The second-order valence-electron chi connectivity index (χ2n) is 3.68. The van der Waals surface area contributed by atoms with Crippen molar-refractivity contribution in [1.29, 1.82) is 0 Å². The summed E-state index contributed by atoms with van der Waals surface area (Å²) in [7, 11) is 0. The van der Waals surface area contributed by atoms with Gasteiger partial charge in [0.2, 0.25) is 0 Å². The molecule has 0 atom stereocenters. The predicted molar refractivity (Wildman–Crippen MR) is 70.2 cm³/mol. The first-order valence-electron chi connectivity index (χ1n) is 5.64. The molecule has 0 radical (unpaired) electrons. The molecule has 0 N–H and O–H groups in total. The van der Waals surface area contributed by atoms with Crippen molar-refractivity contribution in [2.24, 2.45) is 0 Å². The molecule has 0 amide bonds. The molecular formula is C14H10O5Se. The molecule has 0 heterocycles. The van der Waals surface area contributed by atoms with Gasteiger partial charge < -0.3 is 0 Å². The van der Waals surface area contributed by atoms with Crippen LogP contribution in [-0.2, 0) is 11.5 Å². The van der Waals surface area contributed by atoms with Gasteiger partial charge >= 0.3 is 119 Å². The van der Waals surface area contributed by atoms with Crippen LogP contribution in [0.25, 0.3) is 0 Å². The maximum atomic E-state index is 11.6. The Labute approximate surface area is 119 Å². The van der Waals surface area contributed by atoms with Crippen molar-refractivity contribution in [3.05, 3.63) is 71.8 Å². The van der Waals surface area contributed by atoms with Crippen molar-refractivity contribution < 1.29 is 21.1 Å². The molecule has 0 unspecified atom stereocenters. The number of hydrogen-bond donors (Lipinski definition) is 0. The third-order valence-corrected chi connectivity index (χ3v) is 3.51. The van der Waals surface area contributed by atoms with E-state index in [0.29, 0.717) is 0 Å². The van der Waals surface area contributed by atoms with E-state index in [1.807, 2.05) is 0 Å². The van der Waals surface area contributed by atoms with Crippen molar-refractivity contribution in [3.63, 3.8) is 0 Å². The zero-order chi connectivity index (χ0) is 14.4. The fourth-order valence-corrected chi connectivity index (χ4v) is 2.38. The summed E-state index contributed by atoms with van der Waals surface area (Å²) in [5, 5.41) is 0. The van der Waals surface area contributed by atoms with Crippen molar-refractivity contribution in [2.75, 3.05) is 0 Å². The van der Waals surface area contributed by atoms with Crippen LogP contribution in [0.5, 0.6) is 0 Å². The molecule has 0 aliphatic heterocycles.